The lowest BCUT2D eigenvalue weighted by Gasteiger charge is -2.22. The van der Waals surface area contributed by atoms with Crippen molar-refractivity contribution < 1.29 is 19.1 Å². The number of ether oxygens (including phenoxy) is 2. The molecule has 0 spiro atoms. The summed E-state index contributed by atoms with van der Waals surface area (Å²) in [5.74, 6) is -0.507. The molecule has 0 aliphatic heterocycles. The Morgan fingerprint density at radius 2 is 1.81 bits per heavy atom. The maximum atomic E-state index is 12.8. The normalized spacial score (nSPS) is 10.7. The average molecular weight is 438 g/mol. The Kier molecular flexibility index (Phi) is 7.55. The number of halogens is 1. The minimum Gasteiger partial charge on any atom is -0.469 e. The Bertz CT molecular complexity index is 802. The van der Waals surface area contributed by atoms with Gasteiger partial charge in [-0.1, -0.05) is 0 Å². The third-order valence-electron chi connectivity index (χ3n) is 4.23. The van der Waals surface area contributed by atoms with Crippen LogP contribution in [-0.4, -0.2) is 60.5 Å². The minimum atomic E-state index is -0.351. The highest BCUT2D eigenvalue weighted by atomic mass is 79.9. The van der Waals surface area contributed by atoms with Crippen LogP contribution in [0.15, 0.2) is 28.7 Å². The van der Waals surface area contributed by atoms with Crippen LogP contribution in [0.2, 0.25) is 0 Å². The van der Waals surface area contributed by atoms with E-state index in [1.807, 2.05) is 30.7 Å². The zero-order chi connectivity index (χ0) is 20.0. The van der Waals surface area contributed by atoms with Gasteiger partial charge in [0, 0.05) is 25.8 Å². The van der Waals surface area contributed by atoms with Gasteiger partial charge in [-0.2, -0.15) is 5.10 Å². The molecule has 1 aromatic carbocycles. The molecule has 0 fully saturated rings. The van der Waals surface area contributed by atoms with Crippen molar-refractivity contribution in [2.45, 2.75) is 20.3 Å². The minimum absolute atomic E-state index is 0.143. The molecule has 2 aromatic rings. The van der Waals surface area contributed by atoms with Gasteiger partial charge >= 0.3 is 5.97 Å². The van der Waals surface area contributed by atoms with Gasteiger partial charge in [-0.25, -0.2) is 4.68 Å². The van der Waals surface area contributed by atoms with Gasteiger partial charge in [-0.05, 0) is 54.0 Å². The highest BCUT2D eigenvalue weighted by Gasteiger charge is 2.18. The van der Waals surface area contributed by atoms with Crippen molar-refractivity contribution in [1.29, 1.82) is 0 Å². The molecule has 0 N–H and O–H groups in total. The summed E-state index contributed by atoms with van der Waals surface area (Å²) in [6, 6.07) is 7.24. The second-order valence-corrected chi connectivity index (χ2v) is 6.85. The zero-order valence-electron chi connectivity index (χ0n) is 16.0. The van der Waals surface area contributed by atoms with E-state index >= 15 is 0 Å². The molecule has 0 bridgehead atoms. The fourth-order valence-corrected chi connectivity index (χ4v) is 2.89. The number of nitrogens with zero attached hydrogens (tertiary/aromatic N) is 3. The van der Waals surface area contributed by atoms with Crippen molar-refractivity contribution in [3.8, 4) is 5.69 Å². The highest BCUT2D eigenvalue weighted by molar-refractivity contribution is 9.10. The first-order chi connectivity index (χ1) is 12.9. The van der Waals surface area contributed by atoms with E-state index < -0.39 is 0 Å². The molecule has 1 amide bonds. The molecule has 0 aliphatic carbocycles. The number of hydrogen-bond acceptors (Lipinski definition) is 5. The van der Waals surface area contributed by atoms with Crippen LogP contribution in [0.5, 0.6) is 0 Å². The van der Waals surface area contributed by atoms with Crippen molar-refractivity contribution >= 4 is 27.8 Å². The van der Waals surface area contributed by atoms with Crippen LogP contribution in [0, 0.1) is 13.8 Å². The van der Waals surface area contributed by atoms with Gasteiger partial charge < -0.3 is 14.4 Å². The maximum absolute atomic E-state index is 12.8. The van der Waals surface area contributed by atoms with Crippen LogP contribution in [0.1, 0.15) is 28.2 Å². The van der Waals surface area contributed by atoms with Gasteiger partial charge in [0.25, 0.3) is 5.91 Å². The molecule has 2 rings (SSSR count). The molecule has 0 radical (unpaired) electrons. The number of hydrogen-bond donors (Lipinski definition) is 0. The average Bonchev–Trinajstić information content (AvgIpc) is 2.94. The molecule has 8 heteroatoms. The number of benzene rings is 1. The van der Waals surface area contributed by atoms with E-state index in [2.05, 4.69) is 25.8 Å². The van der Waals surface area contributed by atoms with Crippen molar-refractivity contribution in [2.24, 2.45) is 0 Å². The molecule has 0 atom stereocenters. The van der Waals surface area contributed by atoms with Crippen LogP contribution >= 0.6 is 15.9 Å². The predicted octanol–water partition coefficient (Wildman–Crippen LogP) is 2.90. The lowest BCUT2D eigenvalue weighted by Crippen LogP contribution is -2.35. The van der Waals surface area contributed by atoms with E-state index in [-0.39, 0.29) is 24.8 Å². The molecule has 1 aromatic heterocycles. The van der Waals surface area contributed by atoms with E-state index in [0.717, 1.165) is 21.5 Å². The Morgan fingerprint density at radius 1 is 1.15 bits per heavy atom. The van der Waals surface area contributed by atoms with Gasteiger partial charge in [-0.3, -0.25) is 9.59 Å². The van der Waals surface area contributed by atoms with Gasteiger partial charge in [0.2, 0.25) is 0 Å². The van der Waals surface area contributed by atoms with Crippen LogP contribution < -0.4 is 0 Å². The number of methoxy groups -OCH3 is 2. The van der Waals surface area contributed by atoms with Crippen LogP contribution in [0.3, 0.4) is 0 Å². The Morgan fingerprint density at radius 3 is 2.33 bits per heavy atom. The van der Waals surface area contributed by atoms with Gasteiger partial charge in [0.15, 0.2) is 0 Å². The fourth-order valence-electron chi connectivity index (χ4n) is 2.65. The summed E-state index contributed by atoms with van der Waals surface area (Å²) in [5, 5.41) is 4.49. The van der Waals surface area contributed by atoms with E-state index in [0.29, 0.717) is 18.7 Å². The molecule has 0 unspecified atom stereocenters. The second kappa shape index (κ2) is 9.66. The topological polar surface area (TPSA) is 73.7 Å². The standard InChI is InChI=1S/C19H24BrN3O4/c1-13-18(20)14(2)23(21-13)16-7-5-15(6-8-16)19(25)22(11-12-26-3)10-9-17(24)27-4/h5-8H,9-12H2,1-4H3. The Labute approximate surface area is 167 Å². The molecule has 27 heavy (non-hydrogen) atoms. The third kappa shape index (κ3) is 5.17. The Balaban J connectivity index is 2.17. The second-order valence-electron chi connectivity index (χ2n) is 6.05. The maximum Gasteiger partial charge on any atom is 0.307 e. The van der Waals surface area contributed by atoms with Crippen molar-refractivity contribution in [2.75, 3.05) is 33.9 Å². The molecule has 0 saturated heterocycles. The molecule has 0 saturated carbocycles. The lowest BCUT2D eigenvalue weighted by atomic mass is 10.1. The predicted molar refractivity (Wildman–Crippen MR) is 105 cm³/mol. The van der Waals surface area contributed by atoms with Crippen LogP contribution in [0.25, 0.3) is 5.69 Å². The molecular formula is C19H24BrN3O4. The number of esters is 1. The first-order valence-electron chi connectivity index (χ1n) is 8.56. The quantitative estimate of drug-likeness (QED) is 0.593. The van der Waals surface area contributed by atoms with Gasteiger partial charge in [-0.15, -0.1) is 0 Å². The fraction of sp³-hybridized carbons (Fsp3) is 0.421. The van der Waals surface area contributed by atoms with E-state index in [4.69, 9.17) is 4.74 Å². The van der Waals surface area contributed by atoms with E-state index in [1.54, 1.807) is 24.1 Å². The van der Waals surface area contributed by atoms with Crippen molar-refractivity contribution in [3.05, 3.63) is 45.7 Å². The van der Waals surface area contributed by atoms with Crippen LogP contribution in [0.4, 0.5) is 0 Å². The van der Waals surface area contributed by atoms with Gasteiger partial charge in [0.05, 0.1) is 41.7 Å². The Hall–Kier alpha value is -2.19. The van der Waals surface area contributed by atoms with E-state index in [9.17, 15) is 9.59 Å². The number of rotatable bonds is 8. The lowest BCUT2D eigenvalue weighted by molar-refractivity contribution is -0.140. The SMILES string of the molecule is COCCN(CCC(=O)OC)C(=O)c1ccc(-n2nc(C)c(Br)c2C)cc1. The summed E-state index contributed by atoms with van der Waals surface area (Å²) in [6.45, 7) is 4.98. The number of carbonyl (C=O) groups is 2. The molecular weight excluding hydrogens is 414 g/mol. The smallest absolute Gasteiger partial charge is 0.307 e. The van der Waals surface area contributed by atoms with Crippen molar-refractivity contribution in [3.63, 3.8) is 0 Å². The molecule has 146 valence electrons. The first-order valence-corrected chi connectivity index (χ1v) is 9.35. The molecule has 1 heterocycles. The summed E-state index contributed by atoms with van der Waals surface area (Å²) in [6.07, 6.45) is 0.143. The van der Waals surface area contributed by atoms with Crippen molar-refractivity contribution in [1.82, 2.24) is 14.7 Å². The highest BCUT2D eigenvalue weighted by Crippen LogP contribution is 2.23. The molecule has 0 aliphatic rings. The van der Waals surface area contributed by atoms with E-state index in [1.165, 1.54) is 7.11 Å². The number of aryl methyl sites for hydroxylation is 1. The molecule has 7 nitrogen and oxygen atoms in total. The number of amides is 1. The summed E-state index contributed by atoms with van der Waals surface area (Å²) >= 11 is 3.52. The van der Waals surface area contributed by atoms with Gasteiger partial charge in [0.1, 0.15) is 0 Å². The largest absolute Gasteiger partial charge is 0.469 e. The first kappa shape index (κ1) is 21.1. The number of aromatic nitrogens is 2. The summed E-state index contributed by atoms with van der Waals surface area (Å²) in [4.78, 5) is 25.8. The summed E-state index contributed by atoms with van der Waals surface area (Å²) < 4.78 is 12.5. The summed E-state index contributed by atoms with van der Waals surface area (Å²) in [7, 11) is 2.91. The number of carbonyl (C=O) groups excluding carboxylic acids is 2. The summed E-state index contributed by atoms with van der Waals surface area (Å²) in [5.41, 5.74) is 3.31. The zero-order valence-corrected chi connectivity index (χ0v) is 17.6. The monoisotopic (exact) mass is 437 g/mol. The third-order valence-corrected chi connectivity index (χ3v) is 5.38. The van der Waals surface area contributed by atoms with Crippen LogP contribution in [-0.2, 0) is 14.3 Å².